The van der Waals surface area contributed by atoms with Gasteiger partial charge in [-0.05, 0) is 37.5 Å². The molecule has 0 saturated heterocycles. The molecular weight excluding hydrogens is 302 g/mol. The predicted octanol–water partition coefficient (Wildman–Crippen LogP) is 2.85. The maximum absolute atomic E-state index is 12.4. The second-order valence-corrected chi connectivity index (χ2v) is 6.24. The largest absolute Gasteiger partial charge is 0.351 e. The van der Waals surface area contributed by atoms with Crippen LogP contribution < -0.4 is 10.6 Å². The van der Waals surface area contributed by atoms with Crippen LogP contribution in [0.4, 0.5) is 5.95 Å². The van der Waals surface area contributed by atoms with Crippen molar-refractivity contribution in [2.45, 2.75) is 51.6 Å². The van der Waals surface area contributed by atoms with Crippen molar-refractivity contribution in [3.05, 3.63) is 47.5 Å². The molecule has 2 aromatic heterocycles. The number of nitrogens with zero attached hydrogens (tertiary/aromatic N) is 3. The lowest BCUT2D eigenvalue weighted by atomic mass is 9.96. The van der Waals surface area contributed by atoms with E-state index in [9.17, 15) is 4.79 Å². The zero-order valence-corrected chi connectivity index (χ0v) is 14.0. The molecule has 6 heteroatoms. The van der Waals surface area contributed by atoms with E-state index in [-0.39, 0.29) is 5.91 Å². The Hall–Kier alpha value is -2.50. The molecule has 126 valence electrons. The van der Waals surface area contributed by atoms with Crippen molar-refractivity contribution in [1.29, 1.82) is 0 Å². The Morgan fingerprint density at radius 1 is 1.25 bits per heavy atom. The highest BCUT2D eigenvalue weighted by Gasteiger charge is 2.16. The van der Waals surface area contributed by atoms with E-state index in [2.05, 4.69) is 25.6 Å². The highest BCUT2D eigenvalue weighted by Crippen LogP contribution is 2.20. The number of amides is 1. The van der Waals surface area contributed by atoms with Crippen molar-refractivity contribution in [1.82, 2.24) is 20.3 Å². The first-order valence-corrected chi connectivity index (χ1v) is 8.50. The van der Waals surface area contributed by atoms with Gasteiger partial charge >= 0.3 is 0 Å². The summed E-state index contributed by atoms with van der Waals surface area (Å²) in [5, 5.41) is 6.25. The molecule has 0 radical (unpaired) electrons. The average molecular weight is 325 g/mol. The molecule has 0 bridgehead atoms. The lowest BCUT2D eigenvalue weighted by molar-refractivity contribution is 0.0945. The van der Waals surface area contributed by atoms with Crippen LogP contribution in [-0.2, 0) is 6.54 Å². The van der Waals surface area contributed by atoms with Crippen molar-refractivity contribution in [3.63, 3.8) is 0 Å². The summed E-state index contributed by atoms with van der Waals surface area (Å²) < 4.78 is 0. The number of hydrogen-bond acceptors (Lipinski definition) is 5. The molecule has 0 atom stereocenters. The third-order valence-electron chi connectivity index (χ3n) is 4.20. The second-order valence-electron chi connectivity index (χ2n) is 6.24. The molecule has 6 nitrogen and oxygen atoms in total. The minimum Gasteiger partial charge on any atom is -0.351 e. The van der Waals surface area contributed by atoms with Gasteiger partial charge in [0.25, 0.3) is 5.91 Å². The summed E-state index contributed by atoms with van der Waals surface area (Å²) in [6.45, 7) is 2.31. The third-order valence-corrected chi connectivity index (χ3v) is 4.20. The zero-order valence-electron chi connectivity index (χ0n) is 14.0. The minimum atomic E-state index is -0.198. The zero-order chi connectivity index (χ0) is 16.8. The summed E-state index contributed by atoms with van der Waals surface area (Å²) in [6.07, 6.45) is 9.50. The molecule has 1 saturated carbocycles. The fourth-order valence-corrected chi connectivity index (χ4v) is 2.95. The van der Waals surface area contributed by atoms with Crippen molar-refractivity contribution in [2.24, 2.45) is 0 Å². The van der Waals surface area contributed by atoms with E-state index >= 15 is 0 Å². The Morgan fingerprint density at radius 2 is 2.08 bits per heavy atom. The first-order valence-electron chi connectivity index (χ1n) is 8.50. The number of carbonyl (C=O) groups is 1. The lowest BCUT2D eigenvalue weighted by Gasteiger charge is -2.23. The molecule has 0 aliphatic heterocycles. The van der Waals surface area contributed by atoms with Crippen LogP contribution in [0.25, 0.3) is 0 Å². The van der Waals surface area contributed by atoms with Gasteiger partial charge < -0.3 is 10.6 Å². The molecule has 24 heavy (non-hydrogen) atoms. The first kappa shape index (κ1) is 16.4. The van der Waals surface area contributed by atoms with Crippen molar-refractivity contribution >= 4 is 11.9 Å². The summed E-state index contributed by atoms with van der Waals surface area (Å²) in [5.74, 6) is 0.351. The number of nitrogens with one attached hydrogen (secondary N) is 2. The summed E-state index contributed by atoms with van der Waals surface area (Å²) >= 11 is 0. The van der Waals surface area contributed by atoms with Crippen LogP contribution in [0.1, 0.15) is 53.8 Å². The summed E-state index contributed by atoms with van der Waals surface area (Å²) in [7, 11) is 0. The van der Waals surface area contributed by atoms with Crippen LogP contribution in [0.2, 0.25) is 0 Å². The molecule has 1 aliphatic carbocycles. The van der Waals surface area contributed by atoms with Gasteiger partial charge in [0.1, 0.15) is 5.69 Å². The van der Waals surface area contributed by atoms with Gasteiger partial charge in [0.05, 0.1) is 0 Å². The van der Waals surface area contributed by atoms with E-state index < -0.39 is 0 Å². The SMILES string of the molecule is Cc1cc(C(=O)NCc2cccnc2)nc(NC2CCCCC2)n1. The Labute approximate surface area is 142 Å². The number of hydrogen-bond donors (Lipinski definition) is 2. The molecule has 1 amide bonds. The smallest absolute Gasteiger partial charge is 0.270 e. The van der Waals surface area contributed by atoms with E-state index in [0.717, 1.165) is 24.1 Å². The van der Waals surface area contributed by atoms with Gasteiger partial charge in [-0.2, -0.15) is 0 Å². The van der Waals surface area contributed by atoms with Gasteiger partial charge in [-0.15, -0.1) is 0 Å². The third kappa shape index (κ3) is 4.50. The standard InChI is InChI=1S/C18H23N5O/c1-13-10-16(17(24)20-12-14-6-5-9-19-11-14)23-18(21-13)22-15-7-3-2-4-8-15/h5-6,9-11,15H,2-4,7-8,12H2,1H3,(H,20,24)(H,21,22,23). The first-order chi connectivity index (χ1) is 11.7. The Bertz CT molecular complexity index is 683. The van der Waals surface area contributed by atoms with Crippen LogP contribution in [0.3, 0.4) is 0 Å². The summed E-state index contributed by atoms with van der Waals surface area (Å²) in [5.41, 5.74) is 2.14. The van der Waals surface area contributed by atoms with Crippen LogP contribution in [0.15, 0.2) is 30.6 Å². The second kappa shape index (κ2) is 7.86. The maximum atomic E-state index is 12.4. The van der Waals surface area contributed by atoms with Gasteiger partial charge in [-0.25, -0.2) is 9.97 Å². The molecule has 3 rings (SSSR count). The molecule has 0 aromatic carbocycles. The lowest BCUT2D eigenvalue weighted by Crippen LogP contribution is -2.27. The number of pyridine rings is 1. The molecule has 0 unspecified atom stereocenters. The van der Waals surface area contributed by atoms with Gasteiger partial charge in [-0.3, -0.25) is 9.78 Å². The van der Waals surface area contributed by atoms with Gasteiger partial charge in [0.15, 0.2) is 0 Å². The van der Waals surface area contributed by atoms with E-state index in [4.69, 9.17) is 0 Å². The predicted molar refractivity (Wildman–Crippen MR) is 92.7 cm³/mol. The van der Waals surface area contributed by atoms with E-state index in [1.54, 1.807) is 18.5 Å². The average Bonchev–Trinajstić information content (AvgIpc) is 2.61. The number of aromatic nitrogens is 3. The number of carbonyl (C=O) groups excluding carboxylic acids is 1. The molecular formula is C18H23N5O. The monoisotopic (exact) mass is 325 g/mol. The minimum absolute atomic E-state index is 0.198. The van der Waals surface area contributed by atoms with E-state index in [1.807, 2.05) is 19.1 Å². The van der Waals surface area contributed by atoms with Crippen molar-refractivity contribution in [2.75, 3.05) is 5.32 Å². The molecule has 1 fully saturated rings. The Morgan fingerprint density at radius 3 is 2.83 bits per heavy atom. The molecule has 1 aliphatic rings. The quantitative estimate of drug-likeness (QED) is 0.883. The number of rotatable bonds is 5. The fourth-order valence-electron chi connectivity index (χ4n) is 2.95. The van der Waals surface area contributed by atoms with Crippen molar-refractivity contribution in [3.8, 4) is 0 Å². The number of aryl methyl sites for hydroxylation is 1. The summed E-state index contributed by atoms with van der Waals surface area (Å²) in [6, 6.07) is 5.90. The highest BCUT2D eigenvalue weighted by atomic mass is 16.1. The van der Waals surface area contributed by atoms with Crippen LogP contribution in [-0.4, -0.2) is 26.9 Å². The fraction of sp³-hybridized carbons (Fsp3) is 0.444. The topological polar surface area (TPSA) is 79.8 Å². The van der Waals surface area contributed by atoms with Gasteiger partial charge in [0.2, 0.25) is 5.95 Å². The molecule has 0 spiro atoms. The highest BCUT2D eigenvalue weighted by molar-refractivity contribution is 5.92. The molecule has 2 heterocycles. The molecule has 2 N–H and O–H groups in total. The molecule has 2 aromatic rings. The maximum Gasteiger partial charge on any atom is 0.270 e. The van der Waals surface area contributed by atoms with E-state index in [1.165, 1.54) is 19.3 Å². The normalized spacial score (nSPS) is 15.0. The van der Waals surface area contributed by atoms with Gasteiger partial charge in [0, 0.05) is 30.7 Å². The van der Waals surface area contributed by atoms with Crippen LogP contribution >= 0.6 is 0 Å². The number of anilines is 1. The summed E-state index contributed by atoms with van der Waals surface area (Å²) in [4.78, 5) is 25.2. The van der Waals surface area contributed by atoms with Gasteiger partial charge in [-0.1, -0.05) is 25.3 Å². The van der Waals surface area contributed by atoms with Crippen molar-refractivity contribution < 1.29 is 4.79 Å². The van der Waals surface area contributed by atoms with E-state index in [0.29, 0.717) is 24.2 Å². The Balaban J connectivity index is 1.64. The van der Waals surface area contributed by atoms with Crippen LogP contribution in [0, 0.1) is 6.92 Å². The van der Waals surface area contributed by atoms with Crippen LogP contribution in [0.5, 0.6) is 0 Å². The Kier molecular flexibility index (Phi) is 5.36.